The quantitative estimate of drug-likeness (QED) is 0.282. The van der Waals surface area contributed by atoms with Crippen LogP contribution in [0.1, 0.15) is 58.0 Å². The van der Waals surface area contributed by atoms with E-state index in [0.29, 0.717) is 22.7 Å². The molecule has 10 heteroatoms. The summed E-state index contributed by atoms with van der Waals surface area (Å²) in [5.41, 5.74) is 0.0533. The number of likely N-dealkylation sites (tertiary alicyclic amines) is 1. The van der Waals surface area contributed by atoms with Gasteiger partial charge in [0.25, 0.3) is 0 Å². The monoisotopic (exact) mass is 537 g/mol. The lowest BCUT2D eigenvalue weighted by Crippen LogP contribution is -2.40. The Bertz CT molecular complexity index is 1470. The fourth-order valence-electron chi connectivity index (χ4n) is 5.59. The molecule has 0 bridgehead atoms. The number of hydrogen-bond donors (Lipinski definition) is 1. The largest absolute Gasteiger partial charge is 0.326 e. The fraction of sp³-hybridized carbons (Fsp3) is 0.448. The van der Waals surface area contributed by atoms with Gasteiger partial charge in [0.05, 0.1) is 11.7 Å². The number of rotatable bonds is 7. The van der Waals surface area contributed by atoms with Crippen molar-refractivity contribution in [3.63, 3.8) is 0 Å². The highest BCUT2D eigenvalue weighted by atomic mass is 19.1. The summed E-state index contributed by atoms with van der Waals surface area (Å²) in [5.74, 6) is -0.148. The van der Waals surface area contributed by atoms with E-state index in [1.807, 2.05) is 25.3 Å². The Morgan fingerprint density at radius 1 is 1.05 bits per heavy atom. The molecule has 4 heterocycles. The van der Waals surface area contributed by atoms with E-state index < -0.39 is 17.3 Å². The molecule has 0 radical (unpaired) electrons. The highest BCUT2D eigenvalue weighted by molar-refractivity contribution is 5.83. The number of anilines is 2. The molecule has 1 fully saturated rings. The molecule has 39 heavy (non-hydrogen) atoms. The van der Waals surface area contributed by atoms with Crippen LogP contribution in [0.15, 0.2) is 36.7 Å². The molecule has 7 nitrogen and oxygen atoms in total. The molecule has 5 rings (SSSR count). The number of aromatic nitrogens is 5. The predicted molar refractivity (Wildman–Crippen MR) is 147 cm³/mol. The standard InChI is InChI=1S/C29H34F3N7/c1-6-38-11-9-20(10-12-38)29(5,32)21-7-8-25(33-15-21)36-28-34-16-23(31)26(37-28)19-13-22(30)27-24(14-19)39(17(2)3)18(4)35-27/h7-8,13-17,20H,6,9-12H2,1-5H3,(H,33,34,36,37). The smallest absolute Gasteiger partial charge is 0.229 e. The number of halogens is 3. The average Bonchev–Trinajstić information content (AvgIpc) is 3.26. The van der Waals surface area contributed by atoms with E-state index >= 15 is 4.39 Å². The van der Waals surface area contributed by atoms with Crippen molar-refractivity contribution in [1.82, 2.24) is 29.4 Å². The molecule has 1 N–H and O–H groups in total. The number of piperidine rings is 1. The van der Waals surface area contributed by atoms with Crippen molar-refractivity contribution in [2.24, 2.45) is 5.92 Å². The van der Waals surface area contributed by atoms with Crippen molar-refractivity contribution in [2.75, 3.05) is 25.0 Å². The Hall–Kier alpha value is -3.53. The summed E-state index contributed by atoms with van der Waals surface area (Å²) in [6, 6.07) is 6.34. The molecule has 206 valence electrons. The van der Waals surface area contributed by atoms with Crippen molar-refractivity contribution in [3.05, 3.63) is 59.7 Å². The van der Waals surface area contributed by atoms with Crippen LogP contribution in [0.25, 0.3) is 22.3 Å². The summed E-state index contributed by atoms with van der Waals surface area (Å²) in [4.78, 5) is 19.4. The minimum atomic E-state index is -1.49. The van der Waals surface area contributed by atoms with Gasteiger partial charge >= 0.3 is 0 Å². The molecule has 0 spiro atoms. The summed E-state index contributed by atoms with van der Waals surface area (Å²) < 4.78 is 47.5. The van der Waals surface area contributed by atoms with Gasteiger partial charge in [0.2, 0.25) is 5.95 Å². The molecule has 1 saturated heterocycles. The number of fused-ring (bicyclic) bond motifs is 1. The Labute approximate surface area is 226 Å². The zero-order valence-corrected chi connectivity index (χ0v) is 23.0. The second-order valence-electron chi connectivity index (χ2n) is 10.7. The molecule has 4 aromatic rings. The molecular formula is C29H34F3N7. The van der Waals surface area contributed by atoms with Crippen molar-refractivity contribution < 1.29 is 13.2 Å². The minimum Gasteiger partial charge on any atom is -0.326 e. The summed E-state index contributed by atoms with van der Waals surface area (Å²) >= 11 is 0. The van der Waals surface area contributed by atoms with Crippen LogP contribution in [0.4, 0.5) is 24.9 Å². The molecule has 1 unspecified atom stereocenters. The SMILES string of the molecule is CCN1CCC(C(C)(F)c2ccc(Nc3ncc(F)c(-c4cc(F)c5nc(C)n(C(C)C)c5c4)n3)nc2)CC1. The number of hydrogen-bond acceptors (Lipinski definition) is 6. The highest BCUT2D eigenvalue weighted by Gasteiger charge is 2.38. The van der Waals surface area contributed by atoms with Crippen molar-refractivity contribution >= 4 is 22.8 Å². The third-order valence-electron chi connectivity index (χ3n) is 7.83. The summed E-state index contributed by atoms with van der Waals surface area (Å²) in [7, 11) is 0. The fourth-order valence-corrected chi connectivity index (χ4v) is 5.59. The number of alkyl halides is 1. The van der Waals surface area contributed by atoms with Crippen LogP contribution in [0.2, 0.25) is 0 Å². The molecule has 1 aliphatic rings. The lowest BCUT2D eigenvalue weighted by molar-refractivity contribution is 0.0467. The van der Waals surface area contributed by atoms with E-state index in [4.69, 9.17) is 0 Å². The Morgan fingerprint density at radius 2 is 1.79 bits per heavy atom. The van der Waals surface area contributed by atoms with Gasteiger partial charge in [-0.1, -0.05) is 13.0 Å². The van der Waals surface area contributed by atoms with Gasteiger partial charge in [0.1, 0.15) is 28.5 Å². The van der Waals surface area contributed by atoms with E-state index in [2.05, 4.69) is 37.1 Å². The van der Waals surface area contributed by atoms with Crippen molar-refractivity contribution in [1.29, 1.82) is 0 Å². The zero-order chi connectivity index (χ0) is 27.9. The molecule has 0 saturated carbocycles. The van der Waals surface area contributed by atoms with Gasteiger partial charge in [-0.2, -0.15) is 0 Å². The highest BCUT2D eigenvalue weighted by Crippen LogP contribution is 2.40. The van der Waals surface area contributed by atoms with Crippen LogP contribution in [-0.4, -0.2) is 49.0 Å². The Kier molecular flexibility index (Phi) is 7.33. The Balaban J connectivity index is 1.39. The van der Waals surface area contributed by atoms with Gasteiger partial charge in [-0.3, -0.25) is 0 Å². The van der Waals surface area contributed by atoms with Crippen molar-refractivity contribution in [2.45, 2.75) is 59.2 Å². The van der Waals surface area contributed by atoms with Crippen molar-refractivity contribution in [3.8, 4) is 11.3 Å². The van der Waals surface area contributed by atoms with Crippen LogP contribution in [0.3, 0.4) is 0 Å². The first-order valence-electron chi connectivity index (χ1n) is 13.4. The van der Waals surface area contributed by atoms with Gasteiger partial charge in [-0.15, -0.1) is 0 Å². The topological polar surface area (TPSA) is 71.8 Å². The van der Waals surface area contributed by atoms with Crippen LogP contribution >= 0.6 is 0 Å². The second kappa shape index (κ2) is 10.6. The molecule has 1 aromatic carbocycles. The van der Waals surface area contributed by atoms with Gasteiger partial charge < -0.3 is 14.8 Å². The number of aryl methyl sites for hydroxylation is 1. The van der Waals surface area contributed by atoms with Gasteiger partial charge in [0, 0.05) is 23.4 Å². The molecule has 1 atom stereocenters. The molecule has 0 aliphatic carbocycles. The summed E-state index contributed by atoms with van der Waals surface area (Å²) in [6.45, 7) is 12.3. The normalized spacial score (nSPS) is 16.6. The zero-order valence-electron chi connectivity index (χ0n) is 23.0. The maximum atomic E-state index is 15.8. The van der Waals surface area contributed by atoms with Gasteiger partial charge in [-0.25, -0.2) is 33.1 Å². The van der Waals surface area contributed by atoms with Crippen LogP contribution in [0, 0.1) is 24.5 Å². The third-order valence-corrected chi connectivity index (χ3v) is 7.83. The molecule has 1 aliphatic heterocycles. The average molecular weight is 538 g/mol. The maximum Gasteiger partial charge on any atom is 0.229 e. The first-order valence-corrected chi connectivity index (χ1v) is 13.4. The lowest BCUT2D eigenvalue weighted by atomic mass is 9.79. The minimum absolute atomic E-state index is 0.0431. The molecular weight excluding hydrogens is 503 g/mol. The van der Waals surface area contributed by atoms with E-state index in [-0.39, 0.29) is 34.7 Å². The third kappa shape index (κ3) is 5.22. The Morgan fingerprint density at radius 3 is 2.44 bits per heavy atom. The first kappa shape index (κ1) is 27.1. The van der Waals surface area contributed by atoms with Crippen LogP contribution in [0.5, 0.6) is 0 Å². The van der Waals surface area contributed by atoms with E-state index in [1.165, 1.54) is 12.3 Å². The number of nitrogens with one attached hydrogen (secondary N) is 1. The number of imidazole rings is 1. The maximum absolute atomic E-state index is 15.8. The van der Waals surface area contributed by atoms with E-state index in [0.717, 1.165) is 38.7 Å². The van der Waals surface area contributed by atoms with E-state index in [9.17, 15) is 8.78 Å². The van der Waals surface area contributed by atoms with Gasteiger partial charge in [-0.05, 0) is 84.3 Å². The lowest BCUT2D eigenvalue weighted by Gasteiger charge is -2.37. The first-order chi connectivity index (χ1) is 18.6. The summed E-state index contributed by atoms with van der Waals surface area (Å²) in [5, 5.41) is 2.96. The number of pyridine rings is 1. The predicted octanol–water partition coefficient (Wildman–Crippen LogP) is 6.72. The summed E-state index contributed by atoms with van der Waals surface area (Å²) in [6.07, 6.45) is 4.17. The second-order valence-corrected chi connectivity index (χ2v) is 10.7. The number of nitrogens with zero attached hydrogens (tertiary/aromatic N) is 6. The van der Waals surface area contributed by atoms with Gasteiger partial charge in [0.15, 0.2) is 11.6 Å². The van der Waals surface area contributed by atoms with Crippen LogP contribution < -0.4 is 5.32 Å². The van der Waals surface area contributed by atoms with Crippen LogP contribution in [-0.2, 0) is 5.67 Å². The van der Waals surface area contributed by atoms with E-state index in [1.54, 1.807) is 25.1 Å². The molecule has 0 amide bonds. The molecule has 3 aromatic heterocycles. The number of benzene rings is 1.